The average molecular weight is 266 g/mol. The number of rotatable bonds is 6. The number of carbonyl (C=O) groups excluding carboxylic acids is 1. The summed E-state index contributed by atoms with van der Waals surface area (Å²) >= 11 is 4.66. The molecule has 0 aromatic rings. The maximum Gasteiger partial charge on any atom is 0.312 e. The summed E-state index contributed by atoms with van der Waals surface area (Å²) < 4.78 is -0.936. The molecule has 0 saturated carbocycles. The maximum atomic E-state index is 11.2. The minimum absolute atomic E-state index is 0.455. The van der Waals surface area contributed by atoms with Crippen molar-refractivity contribution in [1.82, 2.24) is 0 Å². The Kier molecular flexibility index (Phi) is 4.87. The van der Waals surface area contributed by atoms with E-state index in [1.54, 1.807) is 0 Å². The molecule has 0 aliphatic carbocycles. The second-order valence-corrected chi connectivity index (χ2v) is 5.82. The summed E-state index contributed by atoms with van der Waals surface area (Å²) in [6, 6.07) is 0. The normalized spacial score (nSPS) is 17.2. The van der Waals surface area contributed by atoms with Crippen molar-refractivity contribution in [2.45, 2.75) is 25.4 Å². The zero-order valence-electron chi connectivity index (χ0n) is 9.13. The van der Waals surface area contributed by atoms with Gasteiger partial charge in [0.15, 0.2) is 5.62 Å². The first kappa shape index (κ1) is 15.3. The van der Waals surface area contributed by atoms with Gasteiger partial charge in [-0.2, -0.15) is 12.6 Å². The zero-order valence-corrected chi connectivity index (χ0v) is 10.8. The fourth-order valence-corrected chi connectivity index (χ4v) is 2.45. The van der Waals surface area contributed by atoms with Crippen molar-refractivity contribution in [2.75, 3.05) is 0 Å². The van der Waals surface area contributed by atoms with Crippen LogP contribution in [0.1, 0.15) is 20.8 Å². The van der Waals surface area contributed by atoms with Crippen LogP contribution in [0.25, 0.3) is 0 Å². The Morgan fingerprint density at radius 1 is 1.25 bits per heavy atom. The number of carboxylic acids is 2. The SMILES string of the molecule is CC(C)(C(=O)O)C(C)(C(=O)O)C(S)SC=O. The van der Waals surface area contributed by atoms with E-state index in [2.05, 4.69) is 12.6 Å². The molecule has 0 fully saturated rings. The molecule has 0 heterocycles. The Morgan fingerprint density at radius 3 is 1.94 bits per heavy atom. The van der Waals surface area contributed by atoms with Crippen LogP contribution in [-0.4, -0.2) is 32.4 Å². The molecule has 2 atom stereocenters. The number of thioether (sulfide) groups is 1. The Bertz CT molecular complexity index is 315. The van der Waals surface area contributed by atoms with Crippen LogP contribution >= 0.6 is 24.4 Å². The van der Waals surface area contributed by atoms with Crippen LogP contribution in [0.15, 0.2) is 0 Å². The predicted octanol–water partition coefficient (Wildman–Crippen LogP) is 1.37. The number of hydrogen-bond acceptors (Lipinski definition) is 5. The Labute approximate surface area is 103 Å². The molecule has 0 aliphatic rings. The minimum atomic E-state index is -1.66. The predicted molar refractivity (Wildman–Crippen MR) is 64.3 cm³/mol. The summed E-state index contributed by atoms with van der Waals surface area (Å²) in [5, 5.41) is 18.2. The zero-order chi connectivity index (χ0) is 13.1. The molecule has 2 unspecified atom stereocenters. The van der Waals surface area contributed by atoms with Crippen LogP contribution in [0.5, 0.6) is 0 Å². The molecule has 0 rings (SSSR count). The van der Waals surface area contributed by atoms with Gasteiger partial charge in [-0.1, -0.05) is 11.8 Å². The molecule has 0 saturated heterocycles. The van der Waals surface area contributed by atoms with Gasteiger partial charge in [-0.25, -0.2) is 0 Å². The van der Waals surface area contributed by atoms with Gasteiger partial charge in [0.25, 0.3) is 0 Å². The first-order valence-electron chi connectivity index (χ1n) is 4.36. The largest absolute Gasteiger partial charge is 0.481 e. The lowest BCUT2D eigenvalue weighted by Gasteiger charge is -2.40. The monoisotopic (exact) mass is 266 g/mol. The van der Waals surface area contributed by atoms with E-state index in [1.807, 2.05) is 0 Å². The lowest BCUT2D eigenvalue weighted by molar-refractivity contribution is -0.168. The van der Waals surface area contributed by atoms with E-state index in [0.717, 1.165) is 0 Å². The van der Waals surface area contributed by atoms with Crippen molar-refractivity contribution < 1.29 is 24.6 Å². The van der Waals surface area contributed by atoms with Crippen molar-refractivity contribution in [2.24, 2.45) is 10.8 Å². The van der Waals surface area contributed by atoms with Gasteiger partial charge in [0, 0.05) is 0 Å². The topological polar surface area (TPSA) is 91.7 Å². The van der Waals surface area contributed by atoms with Crippen LogP contribution in [-0.2, 0) is 14.4 Å². The Hall–Kier alpha value is -0.690. The van der Waals surface area contributed by atoms with E-state index in [-0.39, 0.29) is 0 Å². The summed E-state index contributed by atoms with van der Waals surface area (Å²) in [4.78, 5) is 32.7. The van der Waals surface area contributed by atoms with Gasteiger partial charge < -0.3 is 10.2 Å². The molecule has 7 heteroatoms. The Balaban J connectivity index is 5.51. The van der Waals surface area contributed by atoms with Gasteiger partial charge in [-0.3, -0.25) is 14.4 Å². The number of aliphatic carboxylic acids is 2. The number of carbonyl (C=O) groups is 3. The molecule has 0 bridgehead atoms. The number of carboxylic acid groups (broad SMARTS) is 2. The molecular weight excluding hydrogens is 252 g/mol. The van der Waals surface area contributed by atoms with E-state index in [4.69, 9.17) is 5.11 Å². The number of thiol groups is 1. The number of hydrogen-bond donors (Lipinski definition) is 3. The van der Waals surface area contributed by atoms with E-state index in [0.29, 0.717) is 17.4 Å². The van der Waals surface area contributed by atoms with Crippen molar-refractivity contribution in [1.29, 1.82) is 0 Å². The van der Waals surface area contributed by atoms with E-state index in [1.165, 1.54) is 20.8 Å². The molecule has 0 aromatic heterocycles. The second-order valence-electron chi connectivity index (χ2n) is 4.02. The first-order valence-corrected chi connectivity index (χ1v) is 5.82. The van der Waals surface area contributed by atoms with Crippen molar-refractivity contribution in [3.8, 4) is 0 Å². The van der Waals surface area contributed by atoms with Gasteiger partial charge >= 0.3 is 11.9 Å². The first-order chi connectivity index (χ1) is 7.12. The van der Waals surface area contributed by atoms with E-state index < -0.39 is 27.4 Å². The highest BCUT2D eigenvalue weighted by atomic mass is 32.2. The van der Waals surface area contributed by atoms with Crippen LogP contribution in [0.4, 0.5) is 0 Å². The molecule has 16 heavy (non-hydrogen) atoms. The lowest BCUT2D eigenvalue weighted by atomic mass is 9.67. The molecule has 0 spiro atoms. The highest BCUT2D eigenvalue weighted by Gasteiger charge is 2.56. The second kappa shape index (κ2) is 5.09. The highest BCUT2D eigenvalue weighted by Crippen LogP contribution is 2.47. The maximum absolute atomic E-state index is 11.2. The van der Waals surface area contributed by atoms with Crippen molar-refractivity contribution in [3.63, 3.8) is 0 Å². The molecule has 0 aliphatic heterocycles. The Morgan fingerprint density at radius 2 is 1.69 bits per heavy atom. The van der Waals surface area contributed by atoms with Gasteiger partial charge in [0.1, 0.15) is 5.41 Å². The molecule has 92 valence electrons. The van der Waals surface area contributed by atoms with Crippen molar-refractivity contribution in [3.05, 3.63) is 0 Å². The van der Waals surface area contributed by atoms with Gasteiger partial charge in [-0.15, -0.1) is 0 Å². The molecule has 0 radical (unpaired) electrons. The minimum Gasteiger partial charge on any atom is -0.481 e. The summed E-state index contributed by atoms with van der Waals surface area (Å²) in [6.45, 7) is 3.88. The summed E-state index contributed by atoms with van der Waals surface area (Å²) in [5.74, 6) is -2.54. The van der Waals surface area contributed by atoms with E-state index >= 15 is 0 Å². The van der Waals surface area contributed by atoms with Crippen molar-refractivity contribution >= 4 is 41.9 Å². The standard InChI is InChI=1S/C9H14O5S2/c1-8(2,5(11)12)9(3,6(13)14)7(15)16-4-10/h4,7,15H,1-3H3,(H,11,12)(H,13,14). The smallest absolute Gasteiger partial charge is 0.312 e. The fourth-order valence-electron chi connectivity index (χ4n) is 1.09. The third kappa shape index (κ3) is 2.35. The molecule has 5 nitrogen and oxygen atoms in total. The van der Waals surface area contributed by atoms with Crippen LogP contribution in [0.2, 0.25) is 0 Å². The lowest BCUT2D eigenvalue weighted by Crippen LogP contribution is -2.51. The fraction of sp³-hybridized carbons (Fsp3) is 0.667. The van der Waals surface area contributed by atoms with E-state index in [9.17, 15) is 19.5 Å². The molecular formula is C9H14O5S2. The quantitative estimate of drug-likeness (QED) is 0.382. The van der Waals surface area contributed by atoms with Gasteiger partial charge in [0.05, 0.1) is 10.00 Å². The average Bonchev–Trinajstić information content (AvgIpc) is 2.15. The summed E-state index contributed by atoms with van der Waals surface area (Å²) in [5.41, 5.74) is -2.74. The van der Waals surface area contributed by atoms with Gasteiger partial charge in [-0.05, 0) is 20.8 Å². The van der Waals surface area contributed by atoms with Crippen LogP contribution < -0.4 is 0 Å². The molecule has 0 amide bonds. The third-order valence-corrected chi connectivity index (χ3v) is 4.68. The van der Waals surface area contributed by atoms with Crippen LogP contribution in [0.3, 0.4) is 0 Å². The molecule has 2 N–H and O–H groups in total. The molecule has 0 aromatic carbocycles. The van der Waals surface area contributed by atoms with Crippen LogP contribution in [0, 0.1) is 10.8 Å². The summed E-state index contributed by atoms with van der Waals surface area (Å²) in [6.07, 6.45) is 0. The highest BCUT2D eigenvalue weighted by molar-refractivity contribution is 8.19. The van der Waals surface area contributed by atoms with Gasteiger partial charge in [0.2, 0.25) is 0 Å². The third-order valence-electron chi connectivity index (χ3n) is 2.96. The summed E-state index contributed by atoms with van der Waals surface area (Å²) in [7, 11) is 0.